The summed E-state index contributed by atoms with van der Waals surface area (Å²) in [6.07, 6.45) is 9.33. The third kappa shape index (κ3) is 7.86. The average molecular weight is 808 g/mol. The van der Waals surface area contributed by atoms with Crippen LogP contribution in [0.1, 0.15) is 73.3 Å². The summed E-state index contributed by atoms with van der Waals surface area (Å²) >= 11 is 0. The minimum absolute atomic E-state index is 0.00327. The third-order valence-corrected chi connectivity index (χ3v) is 12.6. The number of amides is 1. The summed E-state index contributed by atoms with van der Waals surface area (Å²) < 4.78 is 21.4. The number of fused-ring (bicyclic) bond motifs is 3. The Balaban J connectivity index is 1.01. The molecular formula is C43H53N9O7. The molecule has 1 atom stereocenters. The van der Waals surface area contributed by atoms with Gasteiger partial charge in [-0.05, 0) is 80.2 Å². The van der Waals surface area contributed by atoms with Crippen LogP contribution in [0.4, 0.5) is 28.7 Å². The maximum Gasteiger partial charge on any atom is 0.294 e. The van der Waals surface area contributed by atoms with Gasteiger partial charge in [-0.25, -0.2) is 9.97 Å². The molecule has 312 valence electrons. The summed E-state index contributed by atoms with van der Waals surface area (Å²) in [7, 11) is 1.64. The fourth-order valence-electron chi connectivity index (χ4n) is 9.61. The first kappa shape index (κ1) is 39.3. The van der Waals surface area contributed by atoms with E-state index in [2.05, 4.69) is 33.5 Å². The quantitative estimate of drug-likeness (QED) is 0.160. The number of hydrogen-bond donors (Lipinski definition) is 1. The van der Waals surface area contributed by atoms with E-state index in [0.717, 1.165) is 71.2 Å². The first-order chi connectivity index (χ1) is 28.5. The molecule has 7 heterocycles. The number of nitrogens with zero attached hydrogens (tertiary/aromatic N) is 8. The van der Waals surface area contributed by atoms with E-state index in [-0.39, 0.29) is 34.4 Å². The van der Waals surface area contributed by atoms with Gasteiger partial charge >= 0.3 is 0 Å². The van der Waals surface area contributed by atoms with Crippen LogP contribution < -0.4 is 20.7 Å². The highest BCUT2D eigenvalue weighted by atomic mass is 16.7. The fraction of sp³-hybridized carbons (Fsp3) is 0.535. The number of anilines is 4. The van der Waals surface area contributed by atoms with Gasteiger partial charge in [0, 0.05) is 99.9 Å². The fourth-order valence-corrected chi connectivity index (χ4v) is 9.61. The van der Waals surface area contributed by atoms with E-state index in [1.165, 1.54) is 21.9 Å². The maximum atomic E-state index is 14.3. The predicted molar refractivity (Wildman–Crippen MR) is 222 cm³/mol. The maximum absolute atomic E-state index is 14.3. The average Bonchev–Trinajstić information content (AvgIpc) is 3.74. The van der Waals surface area contributed by atoms with Gasteiger partial charge in [0.15, 0.2) is 12.1 Å². The molecule has 1 aromatic carbocycles. The van der Waals surface area contributed by atoms with Crippen LogP contribution in [0.25, 0.3) is 11.3 Å². The molecular weight excluding hydrogens is 755 g/mol. The number of aromatic nitrogens is 4. The Morgan fingerprint density at radius 2 is 1.80 bits per heavy atom. The van der Waals surface area contributed by atoms with Crippen LogP contribution >= 0.6 is 0 Å². The SMILES string of the molecule is Cn1cc(-c2ccnc(N3CCn4c(cc5c4CC(C)(C)C5)C3=O)c2COC2CCCCO2)nc(Nc2ccc(N3CCC(N4CCOCC4)CC3)c([N+](=O)[O-])c2)c1=O. The minimum Gasteiger partial charge on any atom is -0.379 e. The Morgan fingerprint density at radius 3 is 2.56 bits per heavy atom. The molecule has 4 aromatic rings. The van der Waals surface area contributed by atoms with Crippen molar-refractivity contribution in [3.8, 4) is 11.3 Å². The molecule has 3 saturated heterocycles. The van der Waals surface area contributed by atoms with Crippen LogP contribution in [0.5, 0.6) is 0 Å². The van der Waals surface area contributed by atoms with E-state index in [4.69, 9.17) is 24.2 Å². The summed E-state index contributed by atoms with van der Waals surface area (Å²) in [5.74, 6) is 0.357. The molecule has 1 aliphatic carbocycles. The monoisotopic (exact) mass is 807 g/mol. The van der Waals surface area contributed by atoms with Gasteiger partial charge in [0.1, 0.15) is 17.2 Å². The lowest BCUT2D eigenvalue weighted by atomic mass is 9.90. The number of pyridine rings is 1. The second kappa shape index (κ2) is 16.1. The molecule has 3 fully saturated rings. The molecule has 5 aliphatic rings. The predicted octanol–water partition coefficient (Wildman–Crippen LogP) is 5.43. The molecule has 1 unspecified atom stereocenters. The molecule has 59 heavy (non-hydrogen) atoms. The molecule has 1 N–H and O–H groups in total. The number of piperidine rings is 1. The van der Waals surface area contributed by atoms with E-state index in [0.29, 0.717) is 78.5 Å². The van der Waals surface area contributed by atoms with Crippen LogP contribution in [-0.4, -0.2) is 99.7 Å². The first-order valence-electron chi connectivity index (χ1n) is 21.0. The smallest absolute Gasteiger partial charge is 0.294 e. The molecule has 0 spiro atoms. The number of morpholine rings is 1. The van der Waals surface area contributed by atoms with Gasteiger partial charge in [-0.1, -0.05) is 13.8 Å². The number of carbonyl (C=O) groups is 1. The van der Waals surface area contributed by atoms with Gasteiger partial charge in [0.2, 0.25) is 0 Å². The van der Waals surface area contributed by atoms with Crippen LogP contribution in [0.3, 0.4) is 0 Å². The standard InChI is InChI=1S/C43H53N9O7/c1-43(2)24-28-22-36-41(53)51(16-15-50(36)37(28)25-43)40-32(27-59-38-6-4-5-19-58-38)31(9-12-44-40)33-26-47(3)42(54)39(46-33)45-29-7-8-34(35(23-29)52(55)56)49-13-10-30(11-14-49)48-17-20-57-21-18-48/h7-9,12,22-23,26,30,38H,4-6,10-11,13-21,24-25,27H2,1-3H3,(H,45,46). The molecule has 16 nitrogen and oxygen atoms in total. The van der Waals surface area contributed by atoms with Crippen LogP contribution in [0, 0.1) is 15.5 Å². The van der Waals surface area contributed by atoms with Gasteiger partial charge in [0.25, 0.3) is 17.2 Å². The zero-order chi connectivity index (χ0) is 40.8. The van der Waals surface area contributed by atoms with Crippen molar-refractivity contribution in [3.63, 3.8) is 0 Å². The van der Waals surface area contributed by atoms with Gasteiger partial charge < -0.3 is 33.6 Å². The Labute approximate surface area is 343 Å². The molecule has 16 heteroatoms. The number of rotatable bonds is 10. The molecule has 0 saturated carbocycles. The second-order valence-corrected chi connectivity index (χ2v) is 17.2. The van der Waals surface area contributed by atoms with Crippen molar-refractivity contribution in [1.82, 2.24) is 24.0 Å². The Morgan fingerprint density at radius 1 is 0.983 bits per heavy atom. The van der Waals surface area contributed by atoms with E-state index in [9.17, 15) is 19.7 Å². The van der Waals surface area contributed by atoms with Gasteiger partial charge in [0.05, 0.1) is 30.4 Å². The van der Waals surface area contributed by atoms with Gasteiger partial charge in [-0.2, -0.15) is 0 Å². The van der Waals surface area contributed by atoms with Crippen LogP contribution in [0.2, 0.25) is 0 Å². The number of nitrogens with one attached hydrogen (secondary N) is 1. The normalized spacial score (nSPS) is 21.1. The molecule has 9 rings (SSSR count). The van der Waals surface area contributed by atoms with Crippen LogP contribution in [-0.2, 0) is 47.3 Å². The van der Waals surface area contributed by atoms with Crippen molar-refractivity contribution in [2.75, 3.05) is 67.7 Å². The molecule has 4 aliphatic heterocycles. The molecule has 0 radical (unpaired) electrons. The minimum atomic E-state index is -0.406. The topological polar surface area (TPSA) is 162 Å². The number of aryl methyl sites for hydroxylation is 1. The summed E-state index contributed by atoms with van der Waals surface area (Å²) in [5.41, 5.74) is 5.54. The van der Waals surface area contributed by atoms with E-state index >= 15 is 0 Å². The number of hydrogen-bond acceptors (Lipinski definition) is 12. The van der Waals surface area contributed by atoms with Gasteiger partial charge in [-0.3, -0.25) is 29.5 Å². The number of nitro groups is 1. The second-order valence-electron chi connectivity index (χ2n) is 17.2. The molecule has 0 bridgehead atoms. The Hall–Kier alpha value is -5.16. The van der Waals surface area contributed by atoms with Crippen molar-refractivity contribution in [2.45, 2.75) is 84.3 Å². The van der Waals surface area contributed by atoms with E-state index in [1.807, 2.05) is 12.1 Å². The highest BCUT2D eigenvalue weighted by molar-refractivity contribution is 6.06. The summed E-state index contributed by atoms with van der Waals surface area (Å²) in [5, 5.41) is 15.6. The lowest BCUT2D eigenvalue weighted by molar-refractivity contribution is -0.384. The Bertz CT molecular complexity index is 2300. The summed E-state index contributed by atoms with van der Waals surface area (Å²) in [6, 6.07) is 9.29. The van der Waals surface area contributed by atoms with Gasteiger partial charge in [-0.15, -0.1) is 0 Å². The number of benzene rings is 1. The van der Waals surface area contributed by atoms with Crippen molar-refractivity contribution in [3.05, 3.63) is 85.7 Å². The first-order valence-corrected chi connectivity index (χ1v) is 21.0. The lowest BCUT2D eigenvalue weighted by Gasteiger charge is -2.40. The highest BCUT2D eigenvalue weighted by Crippen LogP contribution is 2.41. The van der Waals surface area contributed by atoms with E-state index in [1.54, 1.807) is 36.5 Å². The molecule has 3 aromatic heterocycles. The highest BCUT2D eigenvalue weighted by Gasteiger charge is 2.38. The summed E-state index contributed by atoms with van der Waals surface area (Å²) in [6.45, 7) is 11.1. The number of carbonyl (C=O) groups excluding carboxylic acids is 1. The van der Waals surface area contributed by atoms with Crippen molar-refractivity contribution in [1.29, 1.82) is 0 Å². The van der Waals surface area contributed by atoms with E-state index < -0.39 is 11.8 Å². The molecule has 1 amide bonds. The lowest BCUT2D eigenvalue weighted by Crippen LogP contribution is -2.49. The van der Waals surface area contributed by atoms with Crippen molar-refractivity contribution >= 4 is 34.6 Å². The zero-order valence-corrected chi connectivity index (χ0v) is 34.2. The number of nitro benzene ring substituents is 1. The van der Waals surface area contributed by atoms with Crippen LogP contribution in [0.15, 0.2) is 47.5 Å². The third-order valence-electron chi connectivity index (χ3n) is 12.6. The largest absolute Gasteiger partial charge is 0.379 e. The van der Waals surface area contributed by atoms with Crippen molar-refractivity contribution in [2.24, 2.45) is 12.5 Å². The van der Waals surface area contributed by atoms with Crippen molar-refractivity contribution < 1.29 is 23.9 Å². The number of ether oxygens (including phenoxy) is 3. The Kier molecular flexibility index (Phi) is 10.7. The summed E-state index contributed by atoms with van der Waals surface area (Å²) in [4.78, 5) is 55.9. The zero-order valence-electron chi connectivity index (χ0n) is 34.2.